The van der Waals surface area contributed by atoms with E-state index in [4.69, 9.17) is 33.8 Å². The van der Waals surface area contributed by atoms with Crippen molar-refractivity contribution in [3.63, 3.8) is 0 Å². The van der Waals surface area contributed by atoms with E-state index in [0.717, 1.165) is 0 Å². The number of benzene rings is 4. The average Bonchev–Trinajstić information content (AvgIpc) is 2.79. The molecule has 0 spiro atoms. The predicted molar refractivity (Wildman–Crippen MR) is 125 cm³/mol. The summed E-state index contributed by atoms with van der Waals surface area (Å²) in [4.78, 5) is 0. The van der Waals surface area contributed by atoms with Crippen LogP contribution in [0.1, 0.15) is 11.1 Å². The van der Waals surface area contributed by atoms with Crippen LogP contribution in [-0.4, -0.2) is 10.2 Å². The lowest BCUT2D eigenvalue weighted by Crippen LogP contribution is -1.94. The summed E-state index contributed by atoms with van der Waals surface area (Å²) in [7, 11) is 0. The molecule has 32 heavy (non-hydrogen) atoms. The minimum atomic E-state index is -0.110. The van der Waals surface area contributed by atoms with E-state index >= 15 is 0 Å². The van der Waals surface area contributed by atoms with Crippen molar-refractivity contribution >= 4 is 22.1 Å². The molecule has 0 fully saturated rings. The Labute approximate surface area is 184 Å². The Kier molecular flexibility index (Phi) is 5.12. The third-order valence-electron chi connectivity index (χ3n) is 4.82. The van der Waals surface area contributed by atoms with E-state index < -0.39 is 0 Å². The summed E-state index contributed by atoms with van der Waals surface area (Å²) in [5, 5.41) is 21.1. The van der Waals surface area contributed by atoms with Crippen LogP contribution in [-0.2, 0) is 0 Å². The number of terminal acetylenes is 2. The summed E-state index contributed by atoms with van der Waals surface area (Å²) in [5.41, 5.74) is 12.8. The molecule has 4 aromatic carbocycles. The van der Waals surface area contributed by atoms with Crippen LogP contribution in [0.4, 0.5) is 11.4 Å². The maximum Gasteiger partial charge on any atom is 0.151 e. The first-order valence-electron chi connectivity index (χ1n) is 9.46. The van der Waals surface area contributed by atoms with Crippen molar-refractivity contribution in [1.82, 2.24) is 0 Å². The Bertz CT molecular complexity index is 1450. The molecule has 0 aliphatic rings. The third-order valence-corrected chi connectivity index (χ3v) is 4.82. The molecule has 0 saturated heterocycles. The van der Waals surface area contributed by atoms with E-state index in [1.54, 1.807) is 36.4 Å². The van der Waals surface area contributed by atoms with Crippen LogP contribution in [0.3, 0.4) is 0 Å². The number of phenols is 2. The van der Waals surface area contributed by atoms with Crippen molar-refractivity contribution in [2.24, 2.45) is 0 Å². The van der Waals surface area contributed by atoms with Gasteiger partial charge in [0.2, 0.25) is 0 Å². The second-order valence-electron chi connectivity index (χ2n) is 6.95. The summed E-state index contributed by atoms with van der Waals surface area (Å²) in [6.45, 7) is 0. The quantitative estimate of drug-likeness (QED) is 0.210. The maximum atomic E-state index is 9.93. The van der Waals surface area contributed by atoms with Crippen LogP contribution in [0, 0.1) is 24.7 Å². The normalized spacial score (nSPS) is 10.3. The highest BCUT2D eigenvalue weighted by molar-refractivity contribution is 5.96. The molecule has 0 amide bonds. The third kappa shape index (κ3) is 3.77. The van der Waals surface area contributed by atoms with Gasteiger partial charge in [0.05, 0.1) is 16.9 Å². The molecule has 0 radical (unpaired) electrons. The first kappa shape index (κ1) is 20.3. The number of aromatic hydroxyl groups is 2. The lowest BCUT2D eigenvalue weighted by atomic mass is 10.0. The van der Waals surface area contributed by atoms with Crippen molar-refractivity contribution in [2.75, 3.05) is 11.5 Å². The van der Waals surface area contributed by atoms with Gasteiger partial charge in [0, 0.05) is 28.5 Å². The second-order valence-corrected chi connectivity index (χ2v) is 6.95. The Balaban J connectivity index is 1.89. The first-order chi connectivity index (χ1) is 15.4. The highest BCUT2D eigenvalue weighted by Crippen LogP contribution is 2.41. The Morgan fingerprint density at radius 1 is 0.688 bits per heavy atom. The van der Waals surface area contributed by atoms with Gasteiger partial charge in [-0.25, -0.2) is 0 Å². The summed E-state index contributed by atoms with van der Waals surface area (Å²) in [5.74, 6) is 6.52. The van der Waals surface area contributed by atoms with Gasteiger partial charge in [0.1, 0.15) is 28.7 Å². The zero-order valence-electron chi connectivity index (χ0n) is 16.8. The standard InChI is InChI=1S/C26H18N2O4/c1-3-15-11-20-19(25(12-15)31-17-6-9-21(27)23(29)13-17)8-5-16(4-2)26(20)32-18-7-10-22(28)24(30)14-18/h1-2,5-14,29-30H,27-28H2. The van der Waals surface area contributed by atoms with E-state index in [1.165, 1.54) is 24.3 Å². The van der Waals surface area contributed by atoms with Gasteiger partial charge in [-0.05, 0) is 48.5 Å². The molecular formula is C26H18N2O4. The van der Waals surface area contributed by atoms with Gasteiger partial charge in [0.15, 0.2) is 5.75 Å². The molecule has 0 heterocycles. The topological polar surface area (TPSA) is 111 Å². The number of rotatable bonds is 4. The second kappa shape index (κ2) is 8.06. The van der Waals surface area contributed by atoms with Crippen LogP contribution in [0.5, 0.6) is 34.5 Å². The number of phenolic OH excluding ortho intramolecular Hbond substituents is 2. The van der Waals surface area contributed by atoms with Crippen molar-refractivity contribution in [3.8, 4) is 59.2 Å². The predicted octanol–water partition coefficient (Wildman–Crippen LogP) is 4.96. The van der Waals surface area contributed by atoms with Crippen LogP contribution >= 0.6 is 0 Å². The lowest BCUT2D eigenvalue weighted by molar-refractivity contribution is 0.456. The van der Waals surface area contributed by atoms with Gasteiger partial charge in [0.25, 0.3) is 0 Å². The van der Waals surface area contributed by atoms with E-state index in [9.17, 15) is 10.2 Å². The van der Waals surface area contributed by atoms with Gasteiger partial charge in [-0.15, -0.1) is 12.8 Å². The molecule has 4 aromatic rings. The molecule has 0 atom stereocenters. The number of ether oxygens (including phenoxy) is 2. The summed E-state index contributed by atoms with van der Waals surface area (Å²) in [6, 6.07) is 16.1. The van der Waals surface area contributed by atoms with Gasteiger partial charge < -0.3 is 31.2 Å². The molecule has 0 bridgehead atoms. The lowest BCUT2D eigenvalue weighted by Gasteiger charge is -2.16. The largest absolute Gasteiger partial charge is 0.506 e. The molecule has 6 heteroatoms. The summed E-state index contributed by atoms with van der Waals surface area (Å²) in [6.07, 6.45) is 11.4. The van der Waals surface area contributed by atoms with Crippen LogP contribution < -0.4 is 20.9 Å². The molecule has 4 rings (SSSR count). The number of hydrogen-bond donors (Lipinski definition) is 4. The highest BCUT2D eigenvalue weighted by Gasteiger charge is 2.15. The average molecular weight is 422 g/mol. The molecule has 0 saturated carbocycles. The molecule has 0 unspecified atom stereocenters. The monoisotopic (exact) mass is 422 g/mol. The molecule has 0 aromatic heterocycles. The van der Waals surface area contributed by atoms with Crippen molar-refractivity contribution in [2.45, 2.75) is 0 Å². The fourth-order valence-electron chi connectivity index (χ4n) is 3.18. The van der Waals surface area contributed by atoms with Crippen LogP contribution in [0.25, 0.3) is 10.8 Å². The summed E-state index contributed by atoms with van der Waals surface area (Å²) < 4.78 is 12.1. The minimum Gasteiger partial charge on any atom is -0.506 e. The Morgan fingerprint density at radius 2 is 1.31 bits per heavy atom. The van der Waals surface area contributed by atoms with Gasteiger partial charge in [-0.2, -0.15) is 0 Å². The number of fused-ring (bicyclic) bond motifs is 1. The Morgan fingerprint density at radius 3 is 1.88 bits per heavy atom. The number of nitrogens with two attached hydrogens (primary N) is 2. The van der Waals surface area contributed by atoms with E-state index in [0.29, 0.717) is 44.9 Å². The maximum absolute atomic E-state index is 9.93. The fraction of sp³-hybridized carbons (Fsp3) is 0. The fourth-order valence-corrected chi connectivity index (χ4v) is 3.18. The zero-order valence-corrected chi connectivity index (χ0v) is 16.8. The molecule has 6 N–H and O–H groups in total. The van der Waals surface area contributed by atoms with Gasteiger partial charge >= 0.3 is 0 Å². The van der Waals surface area contributed by atoms with Crippen molar-refractivity contribution in [3.05, 3.63) is 71.8 Å². The van der Waals surface area contributed by atoms with Crippen molar-refractivity contribution in [1.29, 1.82) is 0 Å². The van der Waals surface area contributed by atoms with E-state index in [2.05, 4.69) is 11.8 Å². The molecule has 0 aliphatic heterocycles. The molecule has 0 aliphatic carbocycles. The smallest absolute Gasteiger partial charge is 0.151 e. The number of hydrogen-bond acceptors (Lipinski definition) is 6. The molecule has 156 valence electrons. The van der Waals surface area contributed by atoms with Gasteiger partial charge in [-0.3, -0.25) is 0 Å². The molecular weight excluding hydrogens is 404 g/mol. The number of anilines is 2. The van der Waals surface area contributed by atoms with E-state index in [1.807, 2.05) is 0 Å². The number of nitrogen functional groups attached to an aromatic ring is 2. The Hall–Kier alpha value is -4.94. The van der Waals surface area contributed by atoms with Crippen LogP contribution in [0.2, 0.25) is 0 Å². The first-order valence-corrected chi connectivity index (χ1v) is 9.46. The zero-order chi connectivity index (χ0) is 22.8. The minimum absolute atomic E-state index is 0.0956. The highest BCUT2D eigenvalue weighted by atomic mass is 16.5. The van der Waals surface area contributed by atoms with Gasteiger partial charge in [-0.1, -0.05) is 11.8 Å². The van der Waals surface area contributed by atoms with Crippen molar-refractivity contribution < 1.29 is 19.7 Å². The SMILES string of the molecule is C#Cc1cc(Oc2ccc(N)c(O)c2)c2ccc(C#C)c(Oc3ccc(N)c(O)c3)c2c1. The van der Waals surface area contributed by atoms with Crippen LogP contribution in [0.15, 0.2) is 60.7 Å². The van der Waals surface area contributed by atoms with E-state index in [-0.39, 0.29) is 22.9 Å². The summed E-state index contributed by atoms with van der Waals surface area (Å²) >= 11 is 0. The molecule has 6 nitrogen and oxygen atoms in total.